The van der Waals surface area contributed by atoms with Crippen molar-refractivity contribution in [3.63, 3.8) is 0 Å². The van der Waals surface area contributed by atoms with Crippen molar-refractivity contribution in [1.29, 1.82) is 0 Å². The summed E-state index contributed by atoms with van der Waals surface area (Å²) in [7, 11) is 0. The number of aromatic nitrogens is 2. The van der Waals surface area contributed by atoms with Crippen molar-refractivity contribution < 1.29 is 9.18 Å². The highest BCUT2D eigenvalue weighted by molar-refractivity contribution is 5.78. The largest absolute Gasteiger partial charge is 0.342 e. The normalized spacial score (nSPS) is 18.9. The second-order valence-corrected chi connectivity index (χ2v) is 5.42. The van der Waals surface area contributed by atoms with E-state index in [0.717, 1.165) is 30.7 Å². The van der Waals surface area contributed by atoms with Gasteiger partial charge in [0.25, 0.3) is 0 Å². The van der Waals surface area contributed by atoms with Gasteiger partial charge in [-0.15, -0.1) is 0 Å². The fourth-order valence-corrected chi connectivity index (χ4v) is 2.83. The molecule has 2 aromatic rings. The maximum absolute atomic E-state index is 13.1. The van der Waals surface area contributed by atoms with E-state index in [1.54, 1.807) is 6.07 Å². The van der Waals surface area contributed by atoms with Crippen LogP contribution >= 0.6 is 0 Å². The number of aromatic amines is 1. The van der Waals surface area contributed by atoms with Crippen molar-refractivity contribution in [2.45, 2.75) is 38.6 Å². The van der Waals surface area contributed by atoms with Crippen LogP contribution in [0, 0.1) is 5.82 Å². The summed E-state index contributed by atoms with van der Waals surface area (Å²) in [4.78, 5) is 21.5. The fourth-order valence-electron chi connectivity index (χ4n) is 2.83. The minimum absolute atomic E-state index is 0.182. The standard InChI is InChI=1S/C15H18FN3O/c1-10-3-2-8-19(10)15(20)7-6-14-17-12-5-4-11(16)9-13(12)18-14/h4-5,9-10H,2-3,6-8H2,1H3,(H,17,18)/t10-/m0/s1. The van der Waals surface area contributed by atoms with Gasteiger partial charge >= 0.3 is 0 Å². The Hall–Kier alpha value is -1.91. The summed E-state index contributed by atoms with van der Waals surface area (Å²) in [6.07, 6.45) is 3.21. The Labute approximate surface area is 117 Å². The summed E-state index contributed by atoms with van der Waals surface area (Å²) < 4.78 is 13.1. The quantitative estimate of drug-likeness (QED) is 0.936. The number of rotatable bonds is 3. The molecule has 1 aliphatic rings. The van der Waals surface area contributed by atoms with Crippen LogP contribution in [-0.2, 0) is 11.2 Å². The Morgan fingerprint density at radius 1 is 1.55 bits per heavy atom. The molecule has 3 rings (SSSR count). The number of hydrogen-bond donors (Lipinski definition) is 1. The first-order chi connectivity index (χ1) is 9.63. The topological polar surface area (TPSA) is 49.0 Å². The van der Waals surface area contributed by atoms with Gasteiger partial charge in [-0.25, -0.2) is 9.37 Å². The highest BCUT2D eigenvalue weighted by Crippen LogP contribution is 2.18. The van der Waals surface area contributed by atoms with E-state index in [1.165, 1.54) is 12.1 Å². The summed E-state index contributed by atoms with van der Waals surface area (Å²) in [6.45, 7) is 2.96. The third kappa shape index (κ3) is 2.53. The van der Waals surface area contributed by atoms with Gasteiger partial charge < -0.3 is 9.88 Å². The number of imidazole rings is 1. The molecule has 4 nitrogen and oxygen atoms in total. The third-order valence-electron chi connectivity index (χ3n) is 3.94. The zero-order valence-corrected chi connectivity index (χ0v) is 11.5. The number of amides is 1. The Morgan fingerprint density at radius 3 is 3.15 bits per heavy atom. The Kier molecular flexibility index (Phi) is 3.42. The van der Waals surface area contributed by atoms with Gasteiger partial charge in [0.15, 0.2) is 0 Å². The van der Waals surface area contributed by atoms with Crippen LogP contribution in [0.4, 0.5) is 4.39 Å². The van der Waals surface area contributed by atoms with Gasteiger partial charge in [0.1, 0.15) is 11.6 Å². The number of hydrogen-bond acceptors (Lipinski definition) is 2. The van der Waals surface area contributed by atoms with Gasteiger partial charge in [0.2, 0.25) is 5.91 Å². The summed E-state index contributed by atoms with van der Waals surface area (Å²) in [5.74, 6) is 0.641. The molecule has 0 unspecified atom stereocenters. The van der Waals surface area contributed by atoms with Crippen molar-refractivity contribution in [3.05, 3.63) is 29.8 Å². The second-order valence-electron chi connectivity index (χ2n) is 5.42. The lowest BCUT2D eigenvalue weighted by Crippen LogP contribution is -2.33. The number of carbonyl (C=O) groups excluding carboxylic acids is 1. The Balaban J connectivity index is 1.66. The number of H-pyrrole nitrogens is 1. The number of likely N-dealkylation sites (tertiary alicyclic amines) is 1. The molecule has 1 amide bonds. The van der Waals surface area contributed by atoms with E-state index in [1.807, 2.05) is 4.90 Å². The number of nitrogens with one attached hydrogen (secondary N) is 1. The zero-order valence-electron chi connectivity index (χ0n) is 11.5. The van der Waals surface area contributed by atoms with Crippen LogP contribution in [0.1, 0.15) is 32.0 Å². The molecule has 0 aliphatic carbocycles. The summed E-state index contributed by atoms with van der Waals surface area (Å²) >= 11 is 0. The predicted octanol–water partition coefficient (Wildman–Crippen LogP) is 2.65. The molecule has 2 heterocycles. The molecule has 1 atom stereocenters. The fraction of sp³-hybridized carbons (Fsp3) is 0.467. The smallest absolute Gasteiger partial charge is 0.223 e. The molecule has 0 radical (unpaired) electrons. The van der Waals surface area contributed by atoms with Gasteiger partial charge in [0, 0.05) is 25.4 Å². The van der Waals surface area contributed by atoms with Crippen molar-refractivity contribution in [1.82, 2.24) is 14.9 Å². The molecule has 1 aromatic carbocycles. The van der Waals surface area contributed by atoms with E-state index in [9.17, 15) is 9.18 Å². The molecule has 106 valence electrons. The third-order valence-corrected chi connectivity index (χ3v) is 3.94. The molecule has 20 heavy (non-hydrogen) atoms. The maximum Gasteiger partial charge on any atom is 0.223 e. The monoisotopic (exact) mass is 275 g/mol. The van der Waals surface area contributed by atoms with Crippen molar-refractivity contribution >= 4 is 16.9 Å². The van der Waals surface area contributed by atoms with Gasteiger partial charge in [-0.1, -0.05) is 0 Å². The molecule has 1 aromatic heterocycles. The molecule has 1 fully saturated rings. The second kappa shape index (κ2) is 5.23. The molecule has 5 heteroatoms. The van der Waals surface area contributed by atoms with Crippen LogP contribution in [0.15, 0.2) is 18.2 Å². The number of halogens is 1. The van der Waals surface area contributed by atoms with Crippen LogP contribution in [0.2, 0.25) is 0 Å². The van der Waals surface area contributed by atoms with Crippen molar-refractivity contribution in [2.24, 2.45) is 0 Å². The van der Waals surface area contributed by atoms with Crippen LogP contribution in [0.25, 0.3) is 11.0 Å². The van der Waals surface area contributed by atoms with Crippen molar-refractivity contribution in [3.8, 4) is 0 Å². The van der Waals surface area contributed by atoms with Gasteiger partial charge in [-0.2, -0.15) is 0 Å². The highest BCUT2D eigenvalue weighted by Gasteiger charge is 2.24. The molecule has 0 saturated carbocycles. The molecule has 1 aliphatic heterocycles. The van der Waals surface area contributed by atoms with Crippen LogP contribution in [0.5, 0.6) is 0 Å². The number of benzene rings is 1. The summed E-state index contributed by atoms with van der Waals surface area (Å²) in [5, 5.41) is 0. The van der Waals surface area contributed by atoms with E-state index >= 15 is 0 Å². The minimum atomic E-state index is -0.283. The highest BCUT2D eigenvalue weighted by atomic mass is 19.1. The molecular weight excluding hydrogens is 257 g/mol. The van der Waals surface area contributed by atoms with Gasteiger partial charge in [0.05, 0.1) is 11.0 Å². The van der Waals surface area contributed by atoms with Crippen molar-refractivity contribution in [2.75, 3.05) is 6.54 Å². The SMILES string of the molecule is C[C@H]1CCCN1C(=O)CCc1nc2ccc(F)cc2[nH]1. The van der Waals surface area contributed by atoms with E-state index in [0.29, 0.717) is 24.4 Å². The lowest BCUT2D eigenvalue weighted by molar-refractivity contribution is -0.131. The van der Waals surface area contributed by atoms with E-state index in [-0.39, 0.29) is 11.7 Å². The van der Waals surface area contributed by atoms with Crippen LogP contribution < -0.4 is 0 Å². The van der Waals surface area contributed by atoms with E-state index < -0.39 is 0 Å². The number of nitrogens with zero attached hydrogens (tertiary/aromatic N) is 2. The molecule has 1 N–H and O–H groups in total. The summed E-state index contributed by atoms with van der Waals surface area (Å²) in [6, 6.07) is 4.82. The lowest BCUT2D eigenvalue weighted by atomic mass is 10.2. The molecule has 0 bridgehead atoms. The zero-order chi connectivity index (χ0) is 14.1. The number of carbonyl (C=O) groups is 1. The first kappa shape index (κ1) is 13.1. The van der Waals surface area contributed by atoms with Gasteiger partial charge in [-0.3, -0.25) is 4.79 Å². The van der Waals surface area contributed by atoms with Crippen LogP contribution in [-0.4, -0.2) is 33.4 Å². The van der Waals surface area contributed by atoms with E-state index in [2.05, 4.69) is 16.9 Å². The maximum atomic E-state index is 13.1. The number of fused-ring (bicyclic) bond motifs is 1. The molecule has 1 saturated heterocycles. The predicted molar refractivity (Wildman–Crippen MR) is 74.8 cm³/mol. The van der Waals surface area contributed by atoms with E-state index in [4.69, 9.17) is 0 Å². The van der Waals surface area contributed by atoms with Gasteiger partial charge in [-0.05, 0) is 38.0 Å². The first-order valence-electron chi connectivity index (χ1n) is 7.07. The lowest BCUT2D eigenvalue weighted by Gasteiger charge is -2.21. The van der Waals surface area contributed by atoms with Crippen LogP contribution in [0.3, 0.4) is 0 Å². The molecular formula is C15H18FN3O. The number of aryl methyl sites for hydroxylation is 1. The molecule has 0 spiro atoms. The summed E-state index contributed by atoms with van der Waals surface area (Å²) in [5.41, 5.74) is 1.42. The first-order valence-corrected chi connectivity index (χ1v) is 7.07. The average Bonchev–Trinajstić information content (AvgIpc) is 3.01. The average molecular weight is 275 g/mol. The minimum Gasteiger partial charge on any atom is -0.342 e. The Bertz CT molecular complexity index is 637. The Morgan fingerprint density at radius 2 is 2.40 bits per heavy atom.